The smallest absolute Gasteiger partial charge is 0.223 e. The Bertz CT molecular complexity index is 557. The van der Waals surface area contributed by atoms with Crippen LogP contribution in [-0.2, 0) is 16.1 Å². The van der Waals surface area contributed by atoms with Crippen LogP contribution in [0.15, 0.2) is 0 Å². The van der Waals surface area contributed by atoms with Crippen molar-refractivity contribution >= 4 is 17.4 Å². The number of rotatable bonds is 5. The second-order valence-electron chi connectivity index (χ2n) is 7.39. The van der Waals surface area contributed by atoms with Crippen LogP contribution < -0.4 is 5.32 Å². The maximum atomic E-state index is 12.6. The summed E-state index contributed by atoms with van der Waals surface area (Å²) in [5, 5.41) is 7.44. The molecule has 3 rings (SSSR count). The molecule has 1 aromatic rings. The first-order chi connectivity index (χ1) is 11.5. The standard InChI is InChI=1S/C17H28N4O2S/c1-11(2)14-8-21(10-16-12(3)19-20-24-16)9-15(14)18-17(22)13-4-6-23-7-5-13/h11,13-15H,4-10H2,1-3H3,(H,18,22)/t14-,15+/m1/s1. The molecule has 2 aliphatic rings. The molecule has 1 aromatic heterocycles. The van der Waals surface area contributed by atoms with Gasteiger partial charge < -0.3 is 10.1 Å². The summed E-state index contributed by atoms with van der Waals surface area (Å²) in [7, 11) is 0. The zero-order valence-electron chi connectivity index (χ0n) is 14.8. The maximum absolute atomic E-state index is 12.6. The molecular weight excluding hydrogens is 324 g/mol. The Kier molecular flexibility index (Phi) is 5.84. The second-order valence-corrected chi connectivity index (χ2v) is 8.22. The van der Waals surface area contributed by atoms with E-state index in [1.54, 1.807) is 0 Å². The molecule has 0 spiro atoms. The highest BCUT2D eigenvalue weighted by molar-refractivity contribution is 7.05. The summed E-state index contributed by atoms with van der Waals surface area (Å²) in [5.74, 6) is 1.38. The number of nitrogens with zero attached hydrogens (tertiary/aromatic N) is 3. The number of ether oxygens (including phenoxy) is 1. The quantitative estimate of drug-likeness (QED) is 0.876. The Labute approximate surface area is 148 Å². The molecule has 1 amide bonds. The average Bonchev–Trinajstić information content (AvgIpc) is 3.15. The number of hydrogen-bond donors (Lipinski definition) is 1. The first-order valence-electron chi connectivity index (χ1n) is 8.93. The molecule has 2 fully saturated rings. The van der Waals surface area contributed by atoms with E-state index in [2.05, 4.69) is 33.7 Å². The predicted octanol–water partition coefficient (Wildman–Crippen LogP) is 1.85. The maximum Gasteiger partial charge on any atom is 0.223 e. The summed E-state index contributed by atoms with van der Waals surface area (Å²) < 4.78 is 9.40. The van der Waals surface area contributed by atoms with E-state index in [0.29, 0.717) is 25.0 Å². The third-order valence-electron chi connectivity index (χ3n) is 5.33. The molecular formula is C17H28N4O2S. The van der Waals surface area contributed by atoms with Gasteiger partial charge in [0.25, 0.3) is 0 Å². The minimum atomic E-state index is 0.119. The number of aryl methyl sites for hydroxylation is 1. The molecule has 0 unspecified atom stereocenters. The van der Waals surface area contributed by atoms with E-state index in [4.69, 9.17) is 4.74 Å². The van der Waals surface area contributed by atoms with Gasteiger partial charge in [-0.3, -0.25) is 9.69 Å². The van der Waals surface area contributed by atoms with E-state index in [1.165, 1.54) is 16.4 Å². The van der Waals surface area contributed by atoms with E-state index in [0.717, 1.165) is 38.2 Å². The number of amides is 1. The van der Waals surface area contributed by atoms with Gasteiger partial charge in [0.05, 0.1) is 10.6 Å². The molecule has 2 aliphatic heterocycles. The molecule has 1 N–H and O–H groups in total. The Morgan fingerprint density at radius 2 is 2.12 bits per heavy atom. The van der Waals surface area contributed by atoms with Crippen LogP contribution in [0.4, 0.5) is 0 Å². The van der Waals surface area contributed by atoms with Crippen molar-refractivity contribution in [2.75, 3.05) is 26.3 Å². The van der Waals surface area contributed by atoms with Gasteiger partial charge in [0.1, 0.15) is 0 Å². The first-order valence-corrected chi connectivity index (χ1v) is 9.70. The van der Waals surface area contributed by atoms with Crippen molar-refractivity contribution in [3.8, 4) is 0 Å². The van der Waals surface area contributed by atoms with Crippen LogP contribution in [-0.4, -0.2) is 52.7 Å². The summed E-state index contributed by atoms with van der Waals surface area (Å²) in [5.41, 5.74) is 1.02. The lowest BCUT2D eigenvalue weighted by molar-refractivity contribution is -0.128. The monoisotopic (exact) mass is 352 g/mol. The number of likely N-dealkylation sites (tertiary alicyclic amines) is 1. The summed E-state index contributed by atoms with van der Waals surface area (Å²) in [6.45, 7) is 10.8. The minimum Gasteiger partial charge on any atom is -0.381 e. The fourth-order valence-electron chi connectivity index (χ4n) is 3.73. The molecule has 0 radical (unpaired) electrons. The molecule has 0 bridgehead atoms. The fourth-order valence-corrected chi connectivity index (χ4v) is 4.41. The molecule has 2 atom stereocenters. The second kappa shape index (κ2) is 7.89. The van der Waals surface area contributed by atoms with E-state index in [1.807, 2.05) is 6.92 Å². The molecule has 24 heavy (non-hydrogen) atoms. The van der Waals surface area contributed by atoms with Gasteiger partial charge in [0.15, 0.2) is 0 Å². The van der Waals surface area contributed by atoms with Gasteiger partial charge in [0.2, 0.25) is 5.91 Å². The van der Waals surface area contributed by atoms with Crippen molar-refractivity contribution in [3.05, 3.63) is 10.6 Å². The summed E-state index contributed by atoms with van der Waals surface area (Å²) in [6.07, 6.45) is 1.70. The summed E-state index contributed by atoms with van der Waals surface area (Å²) >= 11 is 1.48. The minimum absolute atomic E-state index is 0.119. The normalized spacial score (nSPS) is 26.2. The zero-order chi connectivity index (χ0) is 17.1. The first kappa shape index (κ1) is 17.8. The van der Waals surface area contributed by atoms with Crippen molar-refractivity contribution in [3.63, 3.8) is 0 Å². The third-order valence-corrected chi connectivity index (χ3v) is 6.14. The van der Waals surface area contributed by atoms with Crippen molar-refractivity contribution in [2.45, 2.75) is 46.2 Å². The summed E-state index contributed by atoms with van der Waals surface area (Å²) in [4.78, 5) is 16.3. The Balaban J connectivity index is 1.60. The molecule has 134 valence electrons. The fraction of sp³-hybridized carbons (Fsp3) is 0.824. The Morgan fingerprint density at radius 3 is 2.75 bits per heavy atom. The van der Waals surface area contributed by atoms with Gasteiger partial charge in [0, 0.05) is 44.8 Å². The van der Waals surface area contributed by atoms with E-state index < -0.39 is 0 Å². The molecule has 6 nitrogen and oxygen atoms in total. The highest BCUT2D eigenvalue weighted by Crippen LogP contribution is 2.27. The van der Waals surface area contributed by atoms with Crippen LogP contribution in [0, 0.1) is 24.7 Å². The lowest BCUT2D eigenvalue weighted by Crippen LogP contribution is -2.45. The van der Waals surface area contributed by atoms with Crippen molar-refractivity contribution in [2.24, 2.45) is 17.8 Å². The van der Waals surface area contributed by atoms with E-state index in [9.17, 15) is 4.79 Å². The van der Waals surface area contributed by atoms with Gasteiger partial charge in [-0.1, -0.05) is 18.3 Å². The highest BCUT2D eigenvalue weighted by atomic mass is 32.1. The molecule has 0 aromatic carbocycles. The third kappa shape index (κ3) is 4.13. The lowest BCUT2D eigenvalue weighted by atomic mass is 9.90. The Hall–Kier alpha value is -1.05. The van der Waals surface area contributed by atoms with E-state index in [-0.39, 0.29) is 17.9 Å². The molecule has 3 heterocycles. The molecule has 2 saturated heterocycles. The van der Waals surface area contributed by atoms with Crippen LogP contribution in [0.1, 0.15) is 37.3 Å². The average molecular weight is 353 g/mol. The van der Waals surface area contributed by atoms with Gasteiger partial charge in [-0.15, -0.1) is 5.10 Å². The molecule has 0 saturated carbocycles. The van der Waals surface area contributed by atoms with Gasteiger partial charge >= 0.3 is 0 Å². The SMILES string of the molecule is Cc1nnsc1CN1C[C@H](NC(=O)C2CCOCC2)[C@@H](C(C)C)C1. The number of carbonyl (C=O) groups is 1. The van der Waals surface area contributed by atoms with Crippen LogP contribution in [0.2, 0.25) is 0 Å². The predicted molar refractivity (Wildman–Crippen MR) is 93.7 cm³/mol. The summed E-state index contributed by atoms with van der Waals surface area (Å²) in [6, 6.07) is 0.238. The van der Waals surface area contributed by atoms with Crippen molar-refractivity contribution in [1.82, 2.24) is 19.8 Å². The van der Waals surface area contributed by atoms with Gasteiger partial charge in [-0.2, -0.15) is 0 Å². The van der Waals surface area contributed by atoms with Crippen LogP contribution in [0.3, 0.4) is 0 Å². The van der Waals surface area contributed by atoms with E-state index >= 15 is 0 Å². The van der Waals surface area contributed by atoms with Gasteiger partial charge in [-0.05, 0) is 43.1 Å². The zero-order valence-corrected chi connectivity index (χ0v) is 15.6. The number of carbonyl (C=O) groups excluding carboxylic acids is 1. The topological polar surface area (TPSA) is 67.4 Å². The lowest BCUT2D eigenvalue weighted by Gasteiger charge is -2.27. The van der Waals surface area contributed by atoms with Crippen LogP contribution in [0.25, 0.3) is 0 Å². The number of nitrogens with one attached hydrogen (secondary N) is 1. The van der Waals surface area contributed by atoms with Crippen molar-refractivity contribution in [1.29, 1.82) is 0 Å². The molecule has 7 heteroatoms. The number of hydrogen-bond acceptors (Lipinski definition) is 6. The van der Waals surface area contributed by atoms with Crippen LogP contribution in [0.5, 0.6) is 0 Å². The Morgan fingerprint density at radius 1 is 1.38 bits per heavy atom. The highest BCUT2D eigenvalue weighted by Gasteiger charge is 2.37. The largest absolute Gasteiger partial charge is 0.381 e. The number of aromatic nitrogens is 2. The molecule has 0 aliphatic carbocycles. The van der Waals surface area contributed by atoms with Crippen molar-refractivity contribution < 1.29 is 9.53 Å². The van der Waals surface area contributed by atoms with Crippen LogP contribution >= 0.6 is 11.5 Å². The van der Waals surface area contributed by atoms with Gasteiger partial charge in [-0.25, -0.2) is 0 Å².